The van der Waals surface area contributed by atoms with Gasteiger partial charge in [-0.25, -0.2) is 13.1 Å². The first kappa shape index (κ1) is 13.7. The van der Waals surface area contributed by atoms with Gasteiger partial charge >= 0.3 is 0 Å². The van der Waals surface area contributed by atoms with E-state index in [-0.39, 0.29) is 16.9 Å². The van der Waals surface area contributed by atoms with E-state index >= 15 is 0 Å². The van der Waals surface area contributed by atoms with Gasteiger partial charge in [0.1, 0.15) is 6.29 Å². The third-order valence-corrected chi connectivity index (χ3v) is 5.18. The van der Waals surface area contributed by atoms with Crippen LogP contribution in [0.15, 0.2) is 33.6 Å². The summed E-state index contributed by atoms with van der Waals surface area (Å²) in [6, 6.07) is 6.36. The maximum Gasteiger partial charge on any atom is 0.240 e. The molecule has 0 bridgehead atoms. The number of rotatable bonds is 4. The van der Waals surface area contributed by atoms with Crippen molar-refractivity contribution in [2.75, 3.05) is 0 Å². The fourth-order valence-corrected chi connectivity index (χ4v) is 3.70. The number of halogens is 1. The second-order valence-corrected chi connectivity index (χ2v) is 7.11. The minimum Gasteiger partial charge on any atom is -0.303 e. The lowest BCUT2D eigenvalue weighted by Gasteiger charge is -2.12. The van der Waals surface area contributed by atoms with Gasteiger partial charge in [0.25, 0.3) is 0 Å². The van der Waals surface area contributed by atoms with E-state index in [1.165, 1.54) is 0 Å². The average Bonchev–Trinajstić information content (AvgIpc) is 2.76. The van der Waals surface area contributed by atoms with Crippen molar-refractivity contribution in [3.8, 4) is 0 Å². The first-order valence-electron chi connectivity index (χ1n) is 5.74. The van der Waals surface area contributed by atoms with Crippen LogP contribution in [0.5, 0.6) is 0 Å². The van der Waals surface area contributed by atoms with Gasteiger partial charge < -0.3 is 4.79 Å². The third kappa shape index (κ3) is 3.18. The van der Waals surface area contributed by atoms with Crippen LogP contribution >= 0.6 is 15.9 Å². The minimum atomic E-state index is -3.48. The minimum absolute atomic E-state index is 0.0115. The van der Waals surface area contributed by atoms with Crippen molar-refractivity contribution in [1.82, 2.24) is 4.72 Å². The van der Waals surface area contributed by atoms with E-state index in [1.54, 1.807) is 24.3 Å². The van der Waals surface area contributed by atoms with Crippen LogP contribution in [0.25, 0.3) is 0 Å². The predicted octanol–water partition coefficient (Wildman–Crippen LogP) is 2.09. The summed E-state index contributed by atoms with van der Waals surface area (Å²) < 4.78 is 27.6. The van der Waals surface area contributed by atoms with Crippen LogP contribution in [0, 0.1) is 5.92 Å². The van der Waals surface area contributed by atoms with Gasteiger partial charge in [-0.05, 0) is 43.5 Å². The molecule has 1 aliphatic rings. The van der Waals surface area contributed by atoms with Gasteiger partial charge in [-0.15, -0.1) is 0 Å². The second kappa shape index (κ2) is 5.50. The molecule has 0 aromatic heterocycles. The Hall–Kier alpha value is -0.720. The van der Waals surface area contributed by atoms with Crippen molar-refractivity contribution in [3.05, 3.63) is 28.7 Å². The molecular weight excluding hydrogens is 318 g/mol. The fraction of sp³-hybridized carbons (Fsp3) is 0.417. The Kier molecular flexibility index (Phi) is 4.19. The summed E-state index contributed by atoms with van der Waals surface area (Å²) in [5, 5.41) is 0. The van der Waals surface area contributed by atoms with Crippen LogP contribution in [0.4, 0.5) is 0 Å². The lowest BCUT2D eigenvalue weighted by molar-refractivity contribution is -0.110. The Balaban J connectivity index is 2.08. The monoisotopic (exact) mass is 331 g/mol. The average molecular weight is 332 g/mol. The number of sulfonamides is 1. The molecule has 0 heterocycles. The van der Waals surface area contributed by atoms with E-state index < -0.39 is 10.0 Å². The first-order chi connectivity index (χ1) is 8.51. The molecule has 2 unspecified atom stereocenters. The standard InChI is InChI=1S/C12H14BrNO3S/c13-10-2-5-12(6-3-10)18(16,17)14-11-4-1-9(7-11)8-15/h2-3,5-6,8-9,11,14H,1,4,7H2. The summed E-state index contributed by atoms with van der Waals surface area (Å²) in [5.74, 6) is -0.0115. The molecule has 0 amide bonds. The molecule has 98 valence electrons. The smallest absolute Gasteiger partial charge is 0.240 e. The van der Waals surface area contributed by atoms with E-state index in [1.807, 2.05) is 0 Å². The second-order valence-electron chi connectivity index (χ2n) is 4.48. The van der Waals surface area contributed by atoms with Crippen molar-refractivity contribution >= 4 is 32.2 Å². The van der Waals surface area contributed by atoms with E-state index in [9.17, 15) is 13.2 Å². The van der Waals surface area contributed by atoms with Gasteiger partial charge in [0.2, 0.25) is 10.0 Å². The van der Waals surface area contributed by atoms with E-state index in [4.69, 9.17) is 0 Å². The Morgan fingerprint density at radius 1 is 1.22 bits per heavy atom. The molecule has 1 fully saturated rings. The van der Waals surface area contributed by atoms with Crippen LogP contribution in [-0.4, -0.2) is 20.7 Å². The van der Waals surface area contributed by atoms with Crippen LogP contribution in [-0.2, 0) is 14.8 Å². The molecule has 4 nitrogen and oxygen atoms in total. The zero-order chi connectivity index (χ0) is 13.2. The van der Waals surface area contributed by atoms with E-state index in [0.29, 0.717) is 6.42 Å². The summed E-state index contributed by atoms with van der Waals surface area (Å²) in [6.07, 6.45) is 2.99. The van der Waals surface area contributed by atoms with Crippen molar-refractivity contribution in [2.45, 2.75) is 30.2 Å². The van der Waals surface area contributed by atoms with Crippen LogP contribution in [0.2, 0.25) is 0 Å². The predicted molar refractivity (Wildman–Crippen MR) is 71.7 cm³/mol. The largest absolute Gasteiger partial charge is 0.303 e. The molecule has 0 spiro atoms. The Labute approximate surface area is 115 Å². The van der Waals surface area contributed by atoms with Crippen molar-refractivity contribution < 1.29 is 13.2 Å². The van der Waals surface area contributed by atoms with Crippen LogP contribution < -0.4 is 4.72 Å². The summed E-state index contributed by atoms with van der Waals surface area (Å²) in [6.45, 7) is 0. The number of hydrogen-bond acceptors (Lipinski definition) is 3. The molecule has 1 saturated carbocycles. The van der Waals surface area contributed by atoms with Gasteiger partial charge in [0.05, 0.1) is 4.90 Å². The Morgan fingerprint density at radius 2 is 1.89 bits per heavy atom. The summed E-state index contributed by atoms with van der Waals surface area (Å²) in [7, 11) is -3.48. The van der Waals surface area contributed by atoms with E-state index in [0.717, 1.165) is 23.6 Å². The van der Waals surface area contributed by atoms with Crippen molar-refractivity contribution in [2.24, 2.45) is 5.92 Å². The molecule has 2 rings (SSSR count). The lowest BCUT2D eigenvalue weighted by atomic mass is 10.1. The molecule has 1 N–H and O–H groups in total. The third-order valence-electron chi connectivity index (χ3n) is 3.11. The number of carbonyl (C=O) groups is 1. The van der Waals surface area contributed by atoms with Crippen molar-refractivity contribution in [1.29, 1.82) is 0 Å². The maximum atomic E-state index is 12.1. The topological polar surface area (TPSA) is 63.2 Å². The summed E-state index contributed by atoms with van der Waals surface area (Å²) >= 11 is 3.26. The summed E-state index contributed by atoms with van der Waals surface area (Å²) in [5.41, 5.74) is 0. The van der Waals surface area contributed by atoms with Gasteiger partial charge in [-0.2, -0.15) is 0 Å². The molecule has 6 heteroatoms. The lowest BCUT2D eigenvalue weighted by Crippen LogP contribution is -2.33. The summed E-state index contributed by atoms with van der Waals surface area (Å²) in [4.78, 5) is 10.9. The van der Waals surface area contributed by atoms with E-state index in [2.05, 4.69) is 20.7 Å². The number of carbonyl (C=O) groups excluding carboxylic acids is 1. The molecule has 2 atom stereocenters. The molecule has 18 heavy (non-hydrogen) atoms. The van der Waals surface area contributed by atoms with Gasteiger partial charge in [-0.3, -0.25) is 0 Å². The SMILES string of the molecule is O=CC1CCC(NS(=O)(=O)c2ccc(Br)cc2)C1. The molecule has 1 aliphatic carbocycles. The molecule has 0 aliphatic heterocycles. The zero-order valence-corrected chi connectivity index (χ0v) is 12.1. The highest BCUT2D eigenvalue weighted by Gasteiger charge is 2.28. The highest BCUT2D eigenvalue weighted by Crippen LogP contribution is 2.25. The van der Waals surface area contributed by atoms with Crippen LogP contribution in [0.3, 0.4) is 0 Å². The van der Waals surface area contributed by atoms with Crippen molar-refractivity contribution in [3.63, 3.8) is 0 Å². The Morgan fingerprint density at radius 3 is 2.44 bits per heavy atom. The molecule has 1 aromatic carbocycles. The van der Waals surface area contributed by atoms with Crippen LogP contribution in [0.1, 0.15) is 19.3 Å². The van der Waals surface area contributed by atoms with Gasteiger partial charge in [-0.1, -0.05) is 15.9 Å². The van der Waals surface area contributed by atoms with Gasteiger partial charge in [0.15, 0.2) is 0 Å². The first-order valence-corrected chi connectivity index (χ1v) is 8.02. The Bertz CT molecular complexity index is 527. The quantitative estimate of drug-likeness (QED) is 0.859. The van der Waals surface area contributed by atoms with Gasteiger partial charge in [0, 0.05) is 16.4 Å². The highest BCUT2D eigenvalue weighted by molar-refractivity contribution is 9.10. The molecule has 0 radical (unpaired) electrons. The number of nitrogens with one attached hydrogen (secondary N) is 1. The highest BCUT2D eigenvalue weighted by atomic mass is 79.9. The number of aldehydes is 1. The molecular formula is C12H14BrNO3S. The zero-order valence-electron chi connectivity index (χ0n) is 9.67. The number of benzene rings is 1. The maximum absolute atomic E-state index is 12.1. The fourth-order valence-electron chi connectivity index (χ4n) is 2.15. The number of hydrogen-bond donors (Lipinski definition) is 1. The molecule has 1 aromatic rings. The molecule has 0 saturated heterocycles. The normalized spacial score (nSPS) is 24.1.